The van der Waals surface area contributed by atoms with E-state index in [-0.39, 0.29) is 4.90 Å². The Balaban J connectivity index is 1.62. The Kier molecular flexibility index (Phi) is 6.25. The molecule has 0 spiro atoms. The maximum Gasteiger partial charge on any atom is 0.00759 e. The minimum Gasteiger partial charge on any atom is -0.0794 e. The first-order chi connectivity index (χ1) is 14.1. The number of rotatable bonds is 6. The fourth-order valence-electron chi connectivity index (χ4n) is 3.63. The van der Waals surface area contributed by atoms with E-state index in [1.54, 1.807) is 0 Å². The third-order valence-corrected chi connectivity index (χ3v) is 8.33. The molecule has 144 valence electrons. The predicted octanol–water partition coefficient (Wildman–Crippen LogP) is 7.06. The summed E-state index contributed by atoms with van der Waals surface area (Å²) in [6.45, 7) is 4.82. The van der Waals surface area contributed by atoms with Crippen LogP contribution in [-0.2, 0) is 0 Å². The lowest BCUT2D eigenvalue weighted by molar-refractivity contribution is 1.02. The van der Waals surface area contributed by atoms with Gasteiger partial charge in [0, 0.05) is 4.90 Å². The first-order valence-corrected chi connectivity index (χ1v) is 12.0. The molecule has 4 rings (SSSR count). The molecule has 0 saturated heterocycles. The van der Waals surface area contributed by atoms with E-state index < -0.39 is 0 Å². The van der Waals surface area contributed by atoms with Gasteiger partial charge < -0.3 is 0 Å². The molecule has 2 heteroatoms. The SMILES string of the molecule is CC(C)(Pc1ccccc1-c1ccccc1)Pc1ccccc1-c1ccccc1. The van der Waals surface area contributed by atoms with Gasteiger partial charge in [-0.2, -0.15) is 0 Å². The molecule has 0 N–H and O–H groups in total. The lowest BCUT2D eigenvalue weighted by Gasteiger charge is -2.27. The zero-order valence-electron chi connectivity index (χ0n) is 16.9. The highest BCUT2D eigenvalue weighted by Crippen LogP contribution is 2.47. The Labute approximate surface area is 178 Å². The van der Waals surface area contributed by atoms with E-state index >= 15 is 0 Å². The Morgan fingerprint density at radius 1 is 0.448 bits per heavy atom. The van der Waals surface area contributed by atoms with Crippen LogP contribution < -0.4 is 10.6 Å². The van der Waals surface area contributed by atoms with Gasteiger partial charge in [0.25, 0.3) is 0 Å². The van der Waals surface area contributed by atoms with Crippen molar-refractivity contribution in [3.8, 4) is 22.3 Å². The van der Waals surface area contributed by atoms with E-state index in [2.05, 4.69) is 123 Å². The van der Waals surface area contributed by atoms with Crippen LogP contribution >= 0.6 is 17.2 Å². The van der Waals surface area contributed by atoms with Gasteiger partial charge in [-0.25, -0.2) is 0 Å². The molecule has 29 heavy (non-hydrogen) atoms. The Hall–Kier alpha value is -2.26. The van der Waals surface area contributed by atoms with Gasteiger partial charge in [0.05, 0.1) is 0 Å². The minimum atomic E-state index is 0.204. The first kappa shape index (κ1) is 20.0. The van der Waals surface area contributed by atoms with E-state index in [1.807, 2.05) is 0 Å². The largest absolute Gasteiger partial charge is 0.0794 e. The second-order valence-corrected chi connectivity index (χ2v) is 12.3. The van der Waals surface area contributed by atoms with Crippen molar-refractivity contribution in [3.63, 3.8) is 0 Å². The topological polar surface area (TPSA) is 0 Å². The average molecular weight is 412 g/mol. The zero-order chi connectivity index (χ0) is 20.1. The lowest BCUT2D eigenvalue weighted by atomic mass is 10.1. The highest BCUT2D eigenvalue weighted by Gasteiger charge is 2.22. The quantitative estimate of drug-likeness (QED) is 0.297. The molecular weight excluding hydrogens is 386 g/mol. The van der Waals surface area contributed by atoms with Gasteiger partial charge in [0.1, 0.15) is 0 Å². The lowest BCUT2D eigenvalue weighted by Crippen LogP contribution is -2.17. The van der Waals surface area contributed by atoms with Gasteiger partial charge in [-0.05, 0) is 32.9 Å². The molecule has 0 aliphatic heterocycles. The summed E-state index contributed by atoms with van der Waals surface area (Å²) >= 11 is 0. The maximum absolute atomic E-state index is 2.41. The van der Waals surface area contributed by atoms with Crippen LogP contribution in [0.25, 0.3) is 22.3 Å². The van der Waals surface area contributed by atoms with Gasteiger partial charge >= 0.3 is 0 Å². The van der Waals surface area contributed by atoms with Crippen molar-refractivity contribution in [2.75, 3.05) is 0 Å². The van der Waals surface area contributed by atoms with Crippen molar-refractivity contribution in [2.24, 2.45) is 0 Å². The molecule has 0 bridgehead atoms. The summed E-state index contributed by atoms with van der Waals surface area (Å²) in [6.07, 6.45) is 0. The molecule has 0 saturated carbocycles. The fraction of sp³-hybridized carbons (Fsp3) is 0.111. The minimum absolute atomic E-state index is 0.204. The van der Waals surface area contributed by atoms with Crippen molar-refractivity contribution >= 4 is 27.8 Å². The van der Waals surface area contributed by atoms with Gasteiger partial charge in [-0.15, -0.1) is 0 Å². The smallest absolute Gasteiger partial charge is 0.00759 e. The van der Waals surface area contributed by atoms with Gasteiger partial charge in [0.2, 0.25) is 0 Å². The molecule has 0 amide bonds. The predicted molar refractivity (Wildman–Crippen MR) is 134 cm³/mol. The van der Waals surface area contributed by atoms with Crippen molar-refractivity contribution in [1.29, 1.82) is 0 Å². The molecule has 0 aliphatic rings. The number of hydrogen-bond acceptors (Lipinski definition) is 0. The molecule has 0 aliphatic carbocycles. The highest BCUT2D eigenvalue weighted by molar-refractivity contribution is 7.67. The van der Waals surface area contributed by atoms with Crippen molar-refractivity contribution in [3.05, 3.63) is 109 Å². The average Bonchev–Trinajstić information content (AvgIpc) is 2.75. The first-order valence-electron chi connectivity index (χ1n) is 9.98. The fourth-order valence-corrected chi connectivity index (χ4v) is 7.12. The van der Waals surface area contributed by atoms with Gasteiger partial charge in [-0.3, -0.25) is 0 Å². The number of hydrogen-bond donors (Lipinski definition) is 0. The van der Waals surface area contributed by atoms with Crippen molar-refractivity contribution < 1.29 is 0 Å². The molecule has 4 aromatic carbocycles. The number of benzene rings is 4. The Morgan fingerprint density at radius 3 is 1.21 bits per heavy atom. The molecular formula is C27H26P2. The van der Waals surface area contributed by atoms with Crippen LogP contribution in [0.5, 0.6) is 0 Å². The van der Waals surface area contributed by atoms with Crippen LogP contribution in [0.1, 0.15) is 13.8 Å². The molecule has 0 heterocycles. The second kappa shape index (κ2) is 9.04. The van der Waals surface area contributed by atoms with Crippen LogP contribution in [-0.4, -0.2) is 4.90 Å². The van der Waals surface area contributed by atoms with Crippen LogP contribution in [0, 0.1) is 0 Å². The summed E-state index contributed by atoms with van der Waals surface area (Å²) in [5, 5.41) is 2.90. The van der Waals surface area contributed by atoms with E-state index in [0.717, 1.165) is 17.2 Å². The summed E-state index contributed by atoms with van der Waals surface area (Å²) in [5.74, 6) is 0. The molecule has 0 radical (unpaired) electrons. The second-order valence-electron chi connectivity index (χ2n) is 7.70. The van der Waals surface area contributed by atoms with Crippen LogP contribution in [0.3, 0.4) is 0 Å². The third kappa shape index (κ3) is 5.02. The molecule has 2 unspecified atom stereocenters. The third-order valence-electron chi connectivity index (χ3n) is 4.92. The standard InChI is InChI=1S/C27H26P2/c1-27(2,28-25-19-11-9-17-23(25)21-13-5-3-6-14-21)29-26-20-12-10-18-24(26)22-15-7-4-8-16-22/h3-20,28-29H,1-2H3. The van der Waals surface area contributed by atoms with Gasteiger partial charge in [0.15, 0.2) is 0 Å². The summed E-state index contributed by atoms with van der Waals surface area (Å²) in [6, 6.07) is 39.3. The molecule has 0 nitrogen and oxygen atoms in total. The molecule has 0 fully saturated rings. The van der Waals surface area contributed by atoms with E-state index in [9.17, 15) is 0 Å². The van der Waals surface area contributed by atoms with Gasteiger partial charge in [-0.1, -0.05) is 140 Å². The van der Waals surface area contributed by atoms with Crippen LogP contribution in [0.4, 0.5) is 0 Å². The monoisotopic (exact) mass is 412 g/mol. The summed E-state index contributed by atoms with van der Waals surface area (Å²) in [4.78, 5) is 0.204. The highest BCUT2D eigenvalue weighted by atomic mass is 31.1. The van der Waals surface area contributed by atoms with E-state index in [1.165, 1.54) is 32.9 Å². The summed E-state index contributed by atoms with van der Waals surface area (Å²) < 4.78 is 0. The zero-order valence-corrected chi connectivity index (χ0v) is 18.9. The van der Waals surface area contributed by atoms with Crippen LogP contribution in [0.15, 0.2) is 109 Å². The molecule has 2 atom stereocenters. The normalized spacial score (nSPS) is 12.2. The summed E-state index contributed by atoms with van der Waals surface area (Å²) in [7, 11) is 1.49. The summed E-state index contributed by atoms with van der Waals surface area (Å²) in [5.41, 5.74) is 5.33. The molecule has 4 aromatic rings. The van der Waals surface area contributed by atoms with Crippen LogP contribution in [0.2, 0.25) is 0 Å². The molecule has 0 aromatic heterocycles. The Morgan fingerprint density at radius 2 is 0.793 bits per heavy atom. The van der Waals surface area contributed by atoms with Crippen molar-refractivity contribution in [2.45, 2.75) is 18.7 Å². The Bertz CT molecular complexity index is 983. The van der Waals surface area contributed by atoms with Crippen molar-refractivity contribution in [1.82, 2.24) is 0 Å². The van der Waals surface area contributed by atoms with E-state index in [4.69, 9.17) is 0 Å². The van der Waals surface area contributed by atoms with E-state index in [0.29, 0.717) is 0 Å². The maximum atomic E-state index is 2.41.